The Hall–Kier alpha value is -3.35. The highest BCUT2D eigenvalue weighted by atomic mass is 16.4. The number of fused-ring (bicyclic) bond motifs is 1. The molecule has 0 saturated heterocycles. The summed E-state index contributed by atoms with van der Waals surface area (Å²) in [6, 6.07) is 11.6. The second-order valence-electron chi connectivity index (χ2n) is 5.33. The van der Waals surface area contributed by atoms with E-state index >= 15 is 0 Å². The van der Waals surface area contributed by atoms with Gasteiger partial charge in [-0.3, -0.25) is 14.2 Å². The first-order valence-electron chi connectivity index (χ1n) is 7.22. The van der Waals surface area contributed by atoms with Gasteiger partial charge in [0.25, 0.3) is 5.91 Å². The predicted molar refractivity (Wildman–Crippen MR) is 90.2 cm³/mol. The normalized spacial score (nSPS) is 10.6. The van der Waals surface area contributed by atoms with Crippen molar-refractivity contribution in [3.63, 3.8) is 0 Å². The molecule has 2 amide bonds. The van der Waals surface area contributed by atoms with Gasteiger partial charge < -0.3 is 15.1 Å². The smallest absolute Gasteiger partial charge is 0.408 e. The van der Waals surface area contributed by atoms with Crippen LogP contribution in [0.2, 0.25) is 0 Å². The molecular weight excluding hydrogens is 310 g/mol. The maximum atomic E-state index is 12.3. The fraction of sp³-hybridized carbons (Fsp3) is 0.118. The molecule has 0 aliphatic heterocycles. The number of nitrogens with zero attached hydrogens (tertiary/aromatic N) is 1. The highest BCUT2D eigenvalue weighted by molar-refractivity contribution is 6.05. The van der Waals surface area contributed by atoms with Crippen LogP contribution in [0.25, 0.3) is 11.1 Å². The van der Waals surface area contributed by atoms with E-state index in [1.54, 1.807) is 49.5 Å². The minimum atomic E-state index is -0.462. The molecule has 3 rings (SSSR count). The highest BCUT2D eigenvalue weighted by Gasteiger charge is 2.10. The van der Waals surface area contributed by atoms with E-state index in [4.69, 9.17) is 4.42 Å². The summed E-state index contributed by atoms with van der Waals surface area (Å²) in [5.41, 5.74) is 2.49. The minimum absolute atomic E-state index is 0.211. The Balaban J connectivity index is 1.84. The highest BCUT2D eigenvalue weighted by Crippen LogP contribution is 2.19. The lowest BCUT2D eigenvalue weighted by Crippen LogP contribution is -2.13. The van der Waals surface area contributed by atoms with Crippen molar-refractivity contribution in [1.82, 2.24) is 4.57 Å². The zero-order valence-corrected chi connectivity index (χ0v) is 13.1. The second kappa shape index (κ2) is 6.04. The number of carbonyl (C=O) groups excluding carboxylic acids is 2. The van der Waals surface area contributed by atoms with Crippen molar-refractivity contribution in [2.24, 2.45) is 7.05 Å². The lowest BCUT2D eigenvalue weighted by atomic mass is 10.1. The SMILES string of the molecule is CC(=O)Nc1cccc(C(=O)Nc2ccc3c(c2)oc(=O)n3C)c1. The quantitative estimate of drug-likeness (QED) is 0.773. The van der Waals surface area contributed by atoms with E-state index in [9.17, 15) is 14.4 Å². The van der Waals surface area contributed by atoms with E-state index in [0.29, 0.717) is 28.0 Å². The van der Waals surface area contributed by atoms with Gasteiger partial charge in [-0.1, -0.05) is 6.07 Å². The first-order valence-corrected chi connectivity index (χ1v) is 7.22. The average molecular weight is 325 g/mol. The van der Waals surface area contributed by atoms with Crippen LogP contribution in [-0.4, -0.2) is 16.4 Å². The third kappa shape index (κ3) is 3.05. The summed E-state index contributed by atoms with van der Waals surface area (Å²) in [5.74, 6) is -1.01. The maximum Gasteiger partial charge on any atom is 0.419 e. The Morgan fingerprint density at radius 1 is 1.04 bits per heavy atom. The largest absolute Gasteiger partial charge is 0.419 e. The number of nitrogens with one attached hydrogen (secondary N) is 2. The van der Waals surface area contributed by atoms with Crippen molar-refractivity contribution < 1.29 is 14.0 Å². The summed E-state index contributed by atoms with van der Waals surface area (Å²) in [6.45, 7) is 1.40. The number of rotatable bonds is 3. The summed E-state index contributed by atoms with van der Waals surface area (Å²) in [5, 5.41) is 5.36. The summed E-state index contributed by atoms with van der Waals surface area (Å²) in [7, 11) is 1.61. The molecule has 0 atom stereocenters. The monoisotopic (exact) mass is 325 g/mol. The van der Waals surface area contributed by atoms with Crippen LogP contribution in [-0.2, 0) is 11.8 Å². The molecule has 2 aromatic carbocycles. The summed E-state index contributed by atoms with van der Waals surface area (Å²) in [4.78, 5) is 34.9. The van der Waals surface area contributed by atoms with Crippen LogP contribution in [0.5, 0.6) is 0 Å². The predicted octanol–water partition coefficient (Wildman–Crippen LogP) is 2.34. The molecule has 0 spiro atoms. The summed E-state index contributed by atoms with van der Waals surface area (Å²) >= 11 is 0. The van der Waals surface area contributed by atoms with E-state index < -0.39 is 5.76 Å². The van der Waals surface area contributed by atoms with Crippen LogP contribution >= 0.6 is 0 Å². The molecular formula is C17H15N3O4. The molecule has 0 aliphatic rings. The fourth-order valence-corrected chi connectivity index (χ4v) is 2.36. The molecule has 7 heteroatoms. The zero-order chi connectivity index (χ0) is 17.3. The van der Waals surface area contributed by atoms with E-state index in [2.05, 4.69) is 10.6 Å². The van der Waals surface area contributed by atoms with Crippen molar-refractivity contribution >= 4 is 34.3 Å². The number of benzene rings is 2. The molecule has 0 aliphatic carbocycles. The second-order valence-corrected chi connectivity index (χ2v) is 5.33. The Labute approximate surface area is 136 Å². The van der Waals surface area contributed by atoms with Gasteiger partial charge in [-0.15, -0.1) is 0 Å². The van der Waals surface area contributed by atoms with Gasteiger partial charge in [-0.05, 0) is 30.3 Å². The number of aromatic nitrogens is 1. The van der Waals surface area contributed by atoms with Gasteiger partial charge in [0.05, 0.1) is 5.52 Å². The molecule has 0 unspecified atom stereocenters. The van der Waals surface area contributed by atoms with Gasteiger partial charge in [-0.2, -0.15) is 0 Å². The molecule has 122 valence electrons. The topological polar surface area (TPSA) is 93.3 Å². The Morgan fingerprint density at radius 2 is 1.79 bits per heavy atom. The Morgan fingerprint density at radius 3 is 2.54 bits per heavy atom. The van der Waals surface area contributed by atoms with Gasteiger partial charge in [0.2, 0.25) is 5.91 Å². The Kier molecular flexibility index (Phi) is 3.91. The average Bonchev–Trinajstić information content (AvgIpc) is 2.81. The third-order valence-electron chi connectivity index (χ3n) is 3.50. The molecule has 3 aromatic rings. The number of anilines is 2. The van der Waals surface area contributed by atoms with E-state index in [1.807, 2.05) is 0 Å². The zero-order valence-electron chi connectivity index (χ0n) is 13.1. The summed E-state index contributed by atoms with van der Waals surface area (Å²) in [6.07, 6.45) is 0. The standard InChI is InChI=1S/C17H15N3O4/c1-10(21)18-12-5-3-4-11(8-12)16(22)19-13-6-7-14-15(9-13)24-17(23)20(14)2/h3-9H,1-2H3,(H,18,21)(H,19,22). The van der Waals surface area contributed by atoms with Crippen LogP contribution in [0.15, 0.2) is 51.7 Å². The van der Waals surface area contributed by atoms with Crippen molar-refractivity contribution in [2.75, 3.05) is 10.6 Å². The molecule has 1 aromatic heterocycles. The van der Waals surface area contributed by atoms with Crippen LogP contribution in [0.1, 0.15) is 17.3 Å². The van der Waals surface area contributed by atoms with Gasteiger partial charge >= 0.3 is 5.76 Å². The fourth-order valence-electron chi connectivity index (χ4n) is 2.36. The number of hydrogen-bond acceptors (Lipinski definition) is 4. The van der Waals surface area contributed by atoms with Gasteiger partial charge in [-0.25, -0.2) is 4.79 Å². The lowest BCUT2D eigenvalue weighted by Gasteiger charge is -2.07. The number of oxazole rings is 1. The first-order chi connectivity index (χ1) is 11.4. The van der Waals surface area contributed by atoms with Gasteiger partial charge in [0, 0.05) is 37.0 Å². The summed E-state index contributed by atoms with van der Waals surface area (Å²) < 4.78 is 6.48. The molecule has 0 radical (unpaired) electrons. The van der Waals surface area contributed by atoms with Gasteiger partial charge in [0.1, 0.15) is 0 Å². The molecule has 2 N–H and O–H groups in total. The van der Waals surface area contributed by atoms with Crippen LogP contribution in [0.4, 0.5) is 11.4 Å². The van der Waals surface area contributed by atoms with Gasteiger partial charge in [0.15, 0.2) is 5.58 Å². The van der Waals surface area contributed by atoms with Crippen molar-refractivity contribution in [2.45, 2.75) is 6.92 Å². The molecule has 7 nitrogen and oxygen atoms in total. The number of aryl methyl sites for hydroxylation is 1. The number of carbonyl (C=O) groups is 2. The molecule has 0 fully saturated rings. The molecule has 24 heavy (non-hydrogen) atoms. The number of hydrogen-bond donors (Lipinski definition) is 2. The molecule has 0 saturated carbocycles. The van der Waals surface area contributed by atoms with Crippen LogP contribution < -0.4 is 16.4 Å². The van der Waals surface area contributed by atoms with Crippen molar-refractivity contribution in [3.05, 3.63) is 58.6 Å². The van der Waals surface area contributed by atoms with Crippen LogP contribution in [0.3, 0.4) is 0 Å². The molecule has 0 bridgehead atoms. The molecule has 1 heterocycles. The third-order valence-corrected chi connectivity index (χ3v) is 3.50. The van der Waals surface area contributed by atoms with E-state index in [1.165, 1.54) is 11.5 Å². The maximum absolute atomic E-state index is 12.3. The lowest BCUT2D eigenvalue weighted by molar-refractivity contribution is -0.114. The first kappa shape index (κ1) is 15.5. The Bertz CT molecular complexity index is 1000. The van der Waals surface area contributed by atoms with Crippen LogP contribution in [0, 0.1) is 0 Å². The van der Waals surface area contributed by atoms with Crippen molar-refractivity contribution in [1.29, 1.82) is 0 Å². The number of amides is 2. The van der Waals surface area contributed by atoms with Crippen molar-refractivity contribution in [3.8, 4) is 0 Å². The van der Waals surface area contributed by atoms with E-state index in [0.717, 1.165) is 0 Å². The minimum Gasteiger partial charge on any atom is -0.408 e. The van der Waals surface area contributed by atoms with E-state index in [-0.39, 0.29) is 11.8 Å².